The maximum Gasteiger partial charge on any atom is 0.273 e. The summed E-state index contributed by atoms with van der Waals surface area (Å²) in [7, 11) is 1.44. The minimum absolute atomic E-state index is 0.0117. The van der Waals surface area contributed by atoms with E-state index < -0.39 is 30.6 Å². The summed E-state index contributed by atoms with van der Waals surface area (Å²) in [6, 6.07) is 11.4. The summed E-state index contributed by atoms with van der Waals surface area (Å²) in [6.07, 6.45) is -2.65. The maximum atomic E-state index is 13.4. The molecule has 0 atom stereocenters. The van der Waals surface area contributed by atoms with E-state index in [2.05, 4.69) is 20.9 Å². The van der Waals surface area contributed by atoms with Crippen molar-refractivity contribution in [2.75, 3.05) is 13.6 Å². The summed E-state index contributed by atoms with van der Waals surface area (Å²) in [5, 5.41) is 12.4. The molecule has 162 valence electrons. The Labute approximate surface area is 175 Å². The molecule has 0 fully saturated rings. The third-order valence-corrected chi connectivity index (χ3v) is 4.17. The van der Waals surface area contributed by atoms with Gasteiger partial charge in [-0.2, -0.15) is 0 Å². The Morgan fingerprint density at radius 2 is 1.87 bits per heavy atom. The molecule has 0 aliphatic rings. The molecule has 0 aliphatic heterocycles. The van der Waals surface area contributed by atoms with Crippen LogP contribution in [0.15, 0.2) is 48.5 Å². The molecular weight excluding hydrogens is 415 g/mol. The monoisotopic (exact) mass is 433 g/mol. The molecule has 2 amide bonds. The fourth-order valence-corrected chi connectivity index (χ4v) is 2.67. The van der Waals surface area contributed by atoms with Crippen LogP contribution in [-0.4, -0.2) is 46.8 Å². The highest BCUT2D eigenvalue weighted by atomic mass is 19.3. The Bertz CT molecular complexity index is 1070. The standard InChI is InChI=1S/C20H18F3N5O3/c1-24-20(30)18-16(11-31-15-4-2-3-13(21)9-15)28(27-26-18)14-7-5-12(6-8-14)19(29)25-10-17(22)23/h2-9,17H,10-11H2,1H3,(H,24,30)(H,25,29). The van der Waals surface area contributed by atoms with Crippen LogP contribution >= 0.6 is 0 Å². The Hall–Kier alpha value is -3.89. The highest BCUT2D eigenvalue weighted by Gasteiger charge is 2.21. The molecule has 0 bridgehead atoms. The van der Waals surface area contributed by atoms with Gasteiger partial charge in [0.05, 0.1) is 12.2 Å². The van der Waals surface area contributed by atoms with E-state index >= 15 is 0 Å². The van der Waals surface area contributed by atoms with Gasteiger partial charge in [0.25, 0.3) is 18.2 Å². The van der Waals surface area contributed by atoms with Crippen LogP contribution in [0.4, 0.5) is 13.2 Å². The topological polar surface area (TPSA) is 98.1 Å². The number of nitrogens with zero attached hydrogens (tertiary/aromatic N) is 3. The fraction of sp³-hybridized carbons (Fsp3) is 0.200. The Balaban J connectivity index is 1.85. The van der Waals surface area contributed by atoms with Gasteiger partial charge < -0.3 is 15.4 Å². The molecule has 0 saturated carbocycles. The molecule has 11 heteroatoms. The van der Waals surface area contributed by atoms with Crippen molar-refractivity contribution in [1.29, 1.82) is 0 Å². The zero-order valence-corrected chi connectivity index (χ0v) is 16.3. The van der Waals surface area contributed by atoms with Crippen molar-refractivity contribution in [3.05, 3.63) is 71.3 Å². The van der Waals surface area contributed by atoms with Crippen LogP contribution in [0.3, 0.4) is 0 Å². The SMILES string of the molecule is CNC(=O)c1nnn(-c2ccc(C(=O)NCC(F)F)cc2)c1COc1cccc(F)c1. The molecule has 0 radical (unpaired) electrons. The second-order valence-corrected chi connectivity index (χ2v) is 6.27. The number of amides is 2. The Kier molecular flexibility index (Phi) is 6.85. The van der Waals surface area contributed by atoms with Gasteiger partial charge in [0, 0.05) is 18.7 Å². The number of rotatable bonds is 8. The van der Waals surface area contributed by atoms with Crippen molar-refractivity contribution in [3.8, 4) is 11.4 Å². The predicted octanol–water partition coefficient (Wildman–Crippen LogP) is 2.34. The number of ether oxygens (including phenoxy) is 1. The highest BCUT2D eigenvalue weighted by Crippen LogP contribution is 2.18. The Morgan fingerprint density at radius 1 is 1.13 bits per heavy atom. The lowest BCUT2D eigenvalue weighted by Gasteiger charge is -2.11. The number of aromatic nitrogens is 3. The van der Waals surface area contributed by atoms with Crippen molar-refractivity contribution >= 4 is 11.8 Å². The lowest BCUT2D eigenvalue weighted by molar-refractivity contribution is 0.0891. The van der Waals surface area contributed by atoms with Gasteiger partial charge in [0.2, 0.25) is 0 Å². The van der Waals surface area contributed by atoms with Crippen molar-refractivity contribution in [1.82, 2.24) is 25.6 Å². The van der Waals surface area contributed by atoms with Crippen LogP contribution in [0.5, 0.6) is 5.75 Å². The number of hydrogen-bond acceptors (Lipinski definition) is 5. The van der Waals surface area contributed by atoms with Crippen molar-refractivity contribution in [3.63, 3.8) is 0 Å². The molecule has 0 spiro atoms. The number of hydrogen-bond donors (Lipinski definition) is 2. The highest BCUT2D eigenvalue weighted by molar-refractivity contribution is 5.94. The summed E-state index contributed by atoms with van der Waals surface area (Å²) in [5.74, 6) is -1.36. The van der Waals surface area contributed by atoms with Gasteiger partial charge in [-0.3, -0.25) is 9.59 Å². The van der Waals surface area contributed by atoms with Gasteiger partial charge in [-0.1, -0.05) is 11.3 Å². The largest absolute Gasteiger partial charge is 0.487 e. The van der Waals surface area contributed by atoms with Crippen molar-refractivity contribution in [2.24, 2.45) is 0 Å². The van der Waals surface area contributed by atoms with Crippen LogP contribution in [0, 0.1) is 5.82 Å². The summed E-state index contributed by atoms with van der Waals surface area (Å²) in [6.45, 7) is -0.892. The molecule has 8 nitrogen and oxygen atoms in total. The average molecular weight is 433 g/mol. The lowest BCUT2D eigenvalue weighted by Crippen LogP contribution is -2.28. The van der Waals surface area contributed by atoms with E-state index in [-0.39, 0.29) is 23.6 Å². The molecule has 1 aromatic heterocycles. The van der Waals surface area contributed by atoms with Crippen molar-refractivity contribution in [2.45, 2.75) is 13.0 Å². The first-order chi connectivity index (χ1) is 14.9. The van der Waals surface area contributed by atoms with E-state index in [9.17, 15) is 22.8 Å². The second kappa shape index (κ2) is 9.74. The van der Waals surface area contributed by atoms with Gasteiger partial charge in [-0.15, -0.1) is 5.10 Å². The number of benzene rings is 2. The third-order valence-electron chi connectivity index (χ3n) is 4.17. The van der Waals surface area contributed by atoms with E-state index in [1.807, 2.05) is 0 Å². The first-order valence-corrected chi connectivity index (χ1v) is 9.11. The summed E-state index contributed by atoms with van der Waals surface area (Å²) < 4.78 is 44.8. The van der Waals surface area contributed by atoms with Gasteiger partial charge in [-0.05, 0) is 36.4 Å². The molecule has 2 N–H and O–H groups in total. The Morgan fingerprint density at radius 3 is 2.52 bits per heavy atom. The van der Waals surface area contributed by atoms with E-state index in [1.165, 1.54) is 54.2 Å². The molecule has 0 unspecified atom stereocenters. The molecule has 1 heterocycles. The summed E-state index contributed by atoms with van der Waals surface area (Å²) in [5.41, 5.74) is 0.927. The first-order valence-electron chi connectivity index (χ1n) is 9.11. The number of carbonyl (C=O) groups is 2. The number of alkyl halides is 2. The normalized spacial score (nSPS) is 10.7. The summed E-state index contributed by atoms with van der Waals surface area (Å²) in [4.78, 5) is 24.1. The quantitative estimate of drug-likeness (QED) is 0.568. The third kappa shape index (κ3) is 5.38. The van der Waals surface area contributed by atoms with Gasteiger partial charge in [-0.25, -0.2) is 17.9 Å². The maximum absolute atomic E-state index is 13.4. The van der Waals surface area contributed by atoms with Crippen molar-refractivity contribution < 1.29 is 27.5 Å². The summed E-state index contributed by atoms with van der Waals surface area (Å²) >= 11 is 0. The lowest BCUT2D eigenvalue weighted by atomic mass is 10.2. The van der Waals surface area contributed by atoms with Crippen LogP contribution in [0.2, 0.25) is 0 Å². The molecule has 0 aliphatic carbocycles. The van der Waals surface area contributed by atoms with Crippen LogP contribution in [0.1, 0.15) is 26.5 Å². The molecule has 3 rings (SSSR count). The van der Waals surface area contributed by atoms with E-state index in [0.717, 1.165) is 0 Å². The minimum atomic E-state index is -2.65. The molecule has 2 aromatic carbocycles. The predicted molar refractivity (Wildman–Crippen MR) is 104 cm³/mol. The van der Waals surface area contributed by atoms with E-state index in [1.54, 1.807) is 6.07 Å². The smallest absolute Gasteiger partial charge is 0.273 e. The van der Waals surface area contributed by atoms with E-state index in [0.29, 0.717) is 11.4 Å². The second-order valence-electron chi connectivity index (χ2n) is 6.27. The minimum Gasteiger partial charge on any atom is -0.487 e. The number of carbonyl (C=O) groups excluding carboxylic acids is 2. The van der Waals surface area contributed by atoms with E-state index in [4.69, 9.17) is 4.74 Å². The van der Waals surface area contributed by atoms with Gasteiger partial charge >= 0.3 is 0 Å². The molecule has 31 heavy (non-hydrogen) atoms. The van der Waals surface area contributed by atoms with Crippen LogP contribution < -0.4 is 15.4 Å². The number of nitrogens with one attached hydrogen (secondary N) is 2. The molecule has 0 saturated heterocycles. The fourth-order valence-electron chi connectivity index (χ4n) is 2.67. The molecular formula is C20H18F3N5O3. The van der Waals surface area contributed by atoms with Crippen LogP contribution in [-0.2, 0) is 6.61 Å². The first kappa shape index (κ1) is 21.8. The zero-order chi connectivity index (χ0) is 22.4. The van der Waals surface area contributed by atoms with Gasteiger partial charge in [0.1, 0.15) is 23.9 Å². The zero-order valence-electron chi connectivity index (χ0n) is 16.3. The molecule has 3 aromatic rings. The average Bonchev–Trinajstić information content (AvgIpc) is 3.19. The van der Waals surface area contributed by atoms with Crippen LogP contribution in [0.25, 0.3) is 5.69 Å². The number of halogens is 3. The van der Waals surface area contributed by atoms with Gasteiger partial charge in [0.15, 0.2) is 5.69 Å².